The van der Waals surface area contributed by atoms with Gasteiger partial charge in [0.25, 0.3) is 11.8 Å². The molecule has 0 atom stereocenters. The Morgan fingerprint density at radius 1 is 0.833 bits per heavy atom. The quantitative estimate of drug-likeness (QED) is 0.630. The second-order valence-corrected chi connectivity index (χ2v) is 6.22. The van der Waals surface area contributed by atoms with E-state index < -0.39 is 23.6 Å². The Kier molecular flexibility index (Phi) is 5.83. The molecule has 0 aromatic heterocycles. The summed E-state index contributed by atoms with van der Waals surface area (Å²) >= 11 is 0. The van der Waals surface area contributed by atoms with Gasteiger partial charge in [-0.2, -0.15) is 18.4 Å². The zero-order valence-corrected chi connectivity index (χ0v) is 15.3. The Bertz CT molecular complexity index is 1130. The molecule has 0 saturated heterocycles. The third-order valence-electron chi connectivity index (χ3n) is 4.14. The van der Waals surface area contributed by atoms with Gasteiger partial charge in [0.15, 0.2) is 0 Å². The molecule has 3 aromatic carbocycles. The SMILES string of the molecule is N#Cc1ccc(C(=O)Nc2ccccc2C(=O)Nc2cccc(C(F)(F)F)c2)cc1. The summed E-state index contributed by atoms with van der Waals surface area (Å²) in [6.45, 7) is 0. The number of nitrogens with one attached hydrogen (secondary N) is 2. The van der Waals surface area contributed by atoms with Gasteiger partial charge in [-0.1, -0.05) is 18.2 Å². The number of carbonyl (C=O) groups is 2. The number of hydrogen-bond donors (Lipinski definition) is 2. The topological polar surface area (TPSA) is 82.0 Å². The largest absolute Gasteiger partial charge is 0.416 e. The van der Waals surface area contributed by atoms with Crippen LogP contribution < -0.4 is 10.6 Å². The van der Waals surface area contributed by atoms with Gasteiger partial charge in [0, 0.05) is 11.3 Å². The third-order valence-corrected chi connectivity index (χ3v) is 4.14. The Morgan fingerprint density at radius 2 is 1.53 bits per heavy atom. The highest BCUT2D eigenvalue weighted by Gasteiger charge is 2.30. The number of nitrogens with zero attached hydrogens (tertiary/aromatic N) is 1. The summed E-state index contributed by atoms with van der Waals surface area (Å²) in [5, 5.41) is 13.8. The van der Waals surface area contributed by atoms with E-state index in [1.807, 2.05) is 6.07 Å². The highest BCUT2D eigenvalue weighted by Crippen LogP contribution is 2.31. The number of rotatable bonds is 4. The molecule has 5 nitrogen and oxygen atoms in total. The first-order chi connectivity index (χ1) is 14.3. The third kappa shape index (κ3) is 4.83. The summed E-state index contributed by atoms with van der Waals surface area (Å²) in [4.78, 5) is 25.1. The van der Waals surface area contributed by atoms with Gasteiger partial charge < -0.3 is 10.6 Å². The van der Waals surface area contributed by atoms with E-state index in [-0.39, 0.29) is 22.5 Å². The van der Waals surface area contributed by atoms with Crippen molar-refractivity contribution in [2.75, 3.05) is 10.6 Å². The number of alkyl halides is 3. The molecular weight excluding hydrogens is 395 g/mol. The fourth-order valence-electron chi connectivity index (χ4n) is 2.65. The number of nitriles is 1. The molecule has 3 aromatic rings. The van der Waals surface area contributed by atoms with Crippen LogP contribution in [0.15, 0.2) is 72.8 Å². The summed E-state index contributed by atoms with van der Waals surface area (Å²) in [5.74, 6) is -1.18. The molecular formula is C22H14F3N3O2. The molecule has 30 heavy (non-hydrogen) atoms. The van der Waals surface area contributed by atoms with E-state index >= 15 is 0 Å². The zero-order valence-electron chi connectivity index (χ0n) is 15.3. The van der Waals surface area contributed by atoms with Gasteiger partial charge in [-0.15, -0.1) is 0 Å². The number of carbonyl (C=O) groups excluding carboxylic acids is 2. The van der Waals surface area contributed by atoms with Gasteiger partial charge in [-0.3, -0.25) is 9.59 Å². The van der Waals surface area contributed by atoms with Gasteiger partial charge in [0.1, 0.15) is 0 Å². The van der Waals surface area contributed by atoms with E-state index in [1.54, 1.807) is 12.1 Å². The molecule has 150 valence electrons. The Morgan fingerprint density at radius 3 is 2.20 bits per heavy atom. The van der Waals surface area contributed by atoms with Crippen LogP contribution in [0.2, 0.25) is 0 Å². The average molecular weight is 409 g/mol. The second kappa shape index (κ2) is 8.49. The molecule has 0 saturated carbocycles. The van der Waals surface area contributed by atoms with Crippen molar-refractivity contribution in [2.24, 2.45) is 0 Å². The number of amides is 2. The summed E-state index contributed by atoms with van der Waals surface area (Å²) < 4.78 is 38.6. The van der Waals surface area contributed by atoms with E-state index in [2.05, 4.69) is 10.6 Å². The molecule has 0 unspecified atom stereocenters. The van der Waals surface area contributed by atoms with Gasteiger partial charge in [0.05, 0.1) is 28.4 Å². The monoisotopic (exact) mass is 409 g/mol. The van der Waals surface area contributed by atoms with E-state index in [0.717, 1.165) is 12.1 Å². The average Bonchev–Trinajstić information content (AvgIpc) is 2.73. The normalized spacial score (nSPS) is 10.7. The molecule has 0 aliphatic carbocycles. The maximum absolute atomic E-state index is 12.9. The zero-order chi connectivity index (χ0) is 21.7. The minimum Gasteiger partial charge on any atom is -0.322 e. The van der Waals surface area contributed by atoms with E-state index in [4.69, 9.17) is 5.26 Å². The highest BCUT2D eigenvalue weighted by molar-refractivity contribution is 6.12. The number of benzene rings is 3. The van der Waals surface area contributed by atoms with Crippen molar-refractivity contribution in [1.29, 1.82) is 5.26 Å². The molecule has 0 aliphatic rings. The van der Waals surface area contributed by atoms with Crippen LogP contribution in [0.1, 0.15) is 31.8 Å². The molecule has 3 rings (SSSR count). The van der Waals surface area contributed by atoms with E-state index in [9.17, 15) is 22.8 Å². The van der Waals surface area contributed by atoms with Crippen molar-refractivity contribution in [3.63, 3.8) is 0 Å². The first-order valence-electron chi connectivity index (χ1n) is 8.67. The first kappa shape index (κ1) is 20.6. The van der Waals surface area contributed by atoms with Gasteiger partial charge in [-0.05, 0) is 54.6 Å². The van der Waals surface area contributed by atoms with Crippen LogP contribution in [0.4, 0.5) is 24.5 Å². The smallest absolute Gasteiger partial charge is 0.322 e. The molecule has 2 amide bonds. The Balaban J connectivity index is 1.80. The minimum absolute atomic E-state index is 0.0250. The maximum Gasteiger partial charge on any atom is 0.416 e. The minimum atomic E-state index is -4.53. The number of anilines is 2. The fourth-order valence-corrected chi connectivity index (χ4v) is 2.65. The summed E-state index contributed by atoms with van der Waals surface area (Å²) in [7, 11) is 0. The molecule has 0 radical (unpaired) electrons. The lowest BCUT2D eigenvalue weighted by molar-refractivity contribution is -0.137. The van der Waals surface area contributed by atoms with Crippen molar-refractivity contribution >= 4 is 23.2 Å². The van der Waals surface area contributed by atoms with Crippen LogP contribution >= 0.6 is 0 Å². The van der Waals surface area contributed by atoms with Crippen LogP contribution in [0.3, 0.4) is 0 Å². The lowest BCUT2D eigenvalue weighted by atomic mass is 10.1. The van der Waals surface area contributed by atoms with E-state index in [1.165, 1.54) is 48.5 Å². The number of para-hydroxylation sites is 1. The van der Waals surface area contributed by atoms with Crippen molar-refractivity contribution in [3.8, 4) is 6.07 Å². The summed E-state index contributed by atoms with van der Waals surface area (Å²) in [5.41, 5.74) is 0.0356. The Hall–Kier alpha value is -4.12. The van der Waals surface area contributed by atoms with Crippen molar-refractivity contribution in [1.82, 2.24) is 0 Å². The standard InChI is InChI=1S/C22H14F3N3O2/c23-22(24,25)16-4-3-5-17(12-16)27-21(30)18-6-1-2-7-19(18)28-20(29)15-10-8-14(13-26)9-11-15/h1-12H,(H,27,30)(H,28,29). The molecule has 0 bridgehead atoms. The van der Waals surface area contributed by atoms with Crippen molar-refractivity contribution < 1.29 is 22.8 Å². The number of halogens is 3. The van der Waals surface area contributed by atoms with Crippen LogP contribution in [-0.4, -0.2) is 11.8 Å². The lowest BCUT2D eigenvalue weighted by Crippen LogP contribution is -2.18. The lowest BCUT2D eigenvalue weighted by Gasteiger charge is -2.13. The molecule has 0 heterocycles. The van der Waals surface area contributed by atoms with Gasteiger partial charge in [-0.25, -0.2) is 0 Å². The molecule has 2 N–H and O–H groups in total. The van der Waals surface area contributed by atoms with Gasteiger partial charge >= 0.3 is 6.18 Å². The predicted molar refractivity (Wildman–Crippen MR) is 105 cm³/mol. The second-order valence-electron chi connectivity index (χ2n) is 6.22. The van der Waals surface area contributed by atoms with Crippen molar-refractivity contribution in [3.05, 3.63) is 95.1 Å². The maximum atomic E-state index is 12.9. The summed E-state index contributed by atoms with van der Waals surface area (Å²) in [6, 6.07) is 18.2. The molecule has 0 fully saturated rings. The van der Waals surface area contributed by atoms with Crippen LogP contribution in [-0.2, 0) is 6.18 Å². The Labute approximate surface area is 169 Å². The first-order valence-corrected chi connectivity index (χ1v) is 8.67. The highest BCUT2D eigenvalue weighted by atomic mass is 19.4. The van der Waals surface area contributed by atoms with Crippen molar-refractivity contribution in [2.45, 2.75) is 6.18 Å². The van der Waals surface area contributed by atoms with Crippen LogP contribution in [0.25, 0.3) is 0 Å². The molecule has 0 spiro atoms. The fraction of sp³-hybridized carbons (Fsp3) is 0.0455. The number of hydrogen-bond acceptors (Lipinski definition) is 3. The molecule has 0 aliphatic heterocycles. The van der Waals surface area contributed by atoms with Gasteiger partial charge in [0.2, 0.25) is 0 Å². The van der Waals surface area contributed by atoms with Crippen LogP contribution in [0.5, 0.6) is 0 Å². The van der Waals surface area contributed by atoms with Crippen LogP contribution in [0, 0.1) is 11.3 Å². The van der Waals surface area contributed by atoms with E-state index in [0.29, 0.717) is 5.56 Å². The molecule has 8 heteroatoms. The predicted octanol–water partition coefficient (Wildman–Crippen LogP) is 5.08. The summed E-state index contributed by atoms with van der Waals surface area (Å²) in [6.07, 6.45) is -4.53.